The maximum Gasteiger partial charge on any atom is 0.326 e. The lowest BCUT2D eigenvalue weighted by Gasteiger charge is -2.13. The van der Waals surface area contributed by atoms with Crippen LogP contribution in [0.5, 0.6) is 5.75 Å². The smallest absolute Gasteiger partial charge is 0.326 e. The number of nitrogens with zero attached hydrogens (tertiary/aromatic N) is 4. The number of carboxylic acids is 1. The molecule has 0 amide bonds. The summed E-state index contributed by atoms with van der Waals surface area (Å²) in [6.45, 7) is 0. The molecule has 4 rings (SSSR count). The van der Waals surface area contributed by atoms with Crippen LogP contribution >= 0.6 is 0 Å². The molecule has 32 heavy (non-hydrogen) atoms. The lowest BCUT2D eigenvalue weighted by Crippen LogP contribution is -2.29. The molecular weight excluding hydrogens is 412 g/mol. The first kappa shape index (κ1) is 20.8. The Morgan fingerprint density at radius 2 is 1.84 bits per heavy atom. The molecule has 10 nitrogen and oxygen atoms in total. The van der Waals surface area contributed by atoms with Gasteiger partial charge in [0.25, 0.3) is 0 Å². The first-order valence-corrected chi connectivity index (χ1v) is 9.72. The van der Waals surface area contributed by atoms with E-state index in [-0.39, 0.29) is 6.42 Å². The Bertz CT molecular complexity index is 1240. The molecule has 1 unspecified atom stereocenters. The van der Waals surface area contributed by atoms with E-state index in [0.29, 0.717) is 29.3 Å². The van der Waals surface area contributed by atoms with Gasteiger partial charge in [-0.25, -0.2) is 14.5 Å². The molecule has 4 aromatic rings. The number of benzene rings is 2. The minimum absolute atomic E-state index is 0.120. The zero-order valence-corrected chi connectivity index (χ0v) is 17.1. The number of aromatic nitrogens is 4. The van der Waals surface area contributed by atoms with Gasteiger partial charge in [-0.1, -0.05) is 0 Å². The molecule has 1 atom stereocenters. The molecule has 3 N–H and O–H groups in total. The molecule has 2 aromatic heterocycles. The quantitative estimate of drug-likeness (QED) is 0.342. The summed E-state index contributed by atoms with van der Waals surface area (Å²) in [5.41, 5.74) is 2.78. The van der Waals surface area contributed by atoms with E-state index in [1.807, 2.05) is 24.3 Å². The highest BCUT2D eigenvalue weighted by molar-refractivity contribution is 5.81. The van der Waals surface area contributed by atoms with Crippen molar-refractivity contribution in [1.82, 2.24) is 19.7 Å². The van der Waals surface area contributed by atoms with Gasteiger partial charge in [0.2, 0.25) is 5.95 Å². The second-order valence-electron chi connectivity index (χ2n) is 6.87. The van der Waals surface area contributed by atoms with Gasteiger partial charge in [-0.3, -0.25) is 0 Å². The van der Waals surface area contributed by atoms with E-state index < -0.39 is 12.0 Å². The summed E-state index contributed by atoms with van der Waals surface area (Å²) >= 11 is 0. The summed E-state index contributed by atoms with van der Waals surface area (Å²) in [6.07, 6.45) is 3.84. The topological polar surface area (TPSA) is 131 Å². The van der Waals surface area contributed by atoms with Crippen molar-refractivity contribution >= 4 is 40.6 Å². The van der Waals surface area contributed by atoms with E-state index in [2.05, 4.69) is 25.7 Å². The lowest BCUT2D eigenvalue weighted by atomic mass is 10.2. The predicted octanol–water partition coefficient (Wildman–Crippen LogP) is 3.02. The number of fused-ring (bicyclic) bond motifs is 1. The van der Waals surface area contributed by atoms with Crippen LogP contribution in [0.1, 0.15) is 6.42 Å². The molecule has 0 aliphatic heterocycles. The number of aldehydes is 1. The van der Waals surface area contributed by atoms with Crippen LogP contribution in [-0.4, -0.2) is 50.3 Å². The number of nitrogens with one attached hydrogen (secondary N) is 2. The third-order valence-corrected chi connectivity index (χ3v) is 4.74. The number of carboxylic acid groups (broad SMARTS) is 1. The highest BCUT2D eigenvalue weighted by Crippen LogP contribution is 2.22. The van der Waals surface area contributed by atoms with Crippen LogP contribution in [0.3, 0.4) is 0 Å². The molecule has 162 valence electrons. The molecular formula is C22H20N6O4. The summed E-state index contributed by atoms with van der Waals surface area (Å²) < 4.78 is 6.91. The Morgan fingerprint density at radius 3 is 2.50 bits per heavy atom. The number of rotatable bonds is 9. The first-order chi connectivity index (χ1) is 15.6. The van der Waals surface area contributed by atoms with Crippen molar-refractivity contribution in [3.05, 3.63) is 60.9 Å². The summed E-state index contributed by atoms with van der Waals surface area (Å²) in [7, 11) is 1.61. The largest absolute Gasteiger partial charge is 0.497 e. The molecule has 0 spiro atoms. The van der Waals surface area contributed by atoms with Crippen molar-refractivity contribution in [2.45, 2.75) is 12.5 Å². The van der Waals surface area contributed by atoms with Crippen LogP contribution in [0.2, 0.25) is 0 Å². The van der Waals surface area contributed by atoms with Crippen LogP contribution < -0.4 is 15.4 Å². The second kappa shape index (κ2) is 9.13. The van der Waals surface area contributed by atoms with Crippen molar-refractivity contribution in [3.63, 3.8) is 0 Å². The van der Waals surface area contributed by atoms with Gasteiger partial charge in [0.1, 0.15) is 18.1 Å². The zero-order chi connectivity index (χ0) is 22.5. The maximum atomic E-state index is 11.2. The highest BCUT2D eigenvalue weighted by Gasteiger charge is 2.16. The lowest BCUT2D eigenvalue weighted by molar-refractivity contribution is -0.138. The van der Waals surface area contributed by atoms with E-state index in [1.165, 1.54) is 0 Å². The van der Waals surface area contributed by atoms with Crippen molar-refractivity contribution in [3.8, 4) is 11.4 Å². The minimum atomic E-state index is -1.09. The summed E-state index contributed by atoms with van der Waals surface area (Å²) in [5, 5.41) is 20.3. The fraction of sp³-hybridized carbons (Fsp3) is 0.136. The predicted molar refractivity (Wildman–Crippen MR) is 119 cm³/mol. The van der Waals surface area contributed by atoms with E-state index in [9.17, 15) is 9.59 Å². The van der Waals surface area contributed by atoms with Crippen molar-refractivity contribution < 1.29 is 19.4 Å². The molecule has 0 saturated carbocycles. The van der Waals surface area contributed by atoms with Gasteiger partial charge in [-0.2, -0.15) is 10.1 Å². The summed E-state index contributed by atoms with van der Waals surface area (Å²) in [4.78, 5) is 30.7. The average molecular weight is 432 g/mol. The van der Waals surface area contributed by atoms with E-state index in [4.69, 9.17) is 9.84 Å². The molecule has 0 bridgehead atoms. The van der Waals surface area contributed by atoms with Crippen molar-refractivity contribution in [2.24, 2.45) is 0 Å². The highest BCUT2D eigenvalue weighted by atomic mass is 16.5. The van der Waals surface area contributed by atoms with Crippen LogP contribution in [-0.2, 0) is 9.59 Å². The fourth-order valence-electron chi connectivity index (χ4n) is 3.09. The van der Waals surface area contributed by atoms with E-state index >= 15 is 0 Å². The minimum Gasteiger partial charge on any atom is -0.497 e. The number of aliphatic carboxylic acids is 1. The van der Waals surface area contributed by atoms with Crippen LogP contribution in [0.25, 0.3) is 16.7 Å². The average Bonchev–Trinajstić information content (AvgIpc) is 3.23. The molecule has 2 aromatic carbocycles. The molecule has 0 saturated heterocycles. The van der Waals surface area contributed by atoms with Gasteiger partial charge in [-0.15, -0.1) is 0 Å². The first-order valence-electron chi connectivity index (χ1n) is 9.72. The van der Waals surface area contributed by atoms with Gasteiger partial charge in [-0.05, 0) is 48.5 Å². The van der Waals surface area contributed by atoms with Gasteiger partial charge in [0, 0.05) is 24.0 Å². The van der Waals surface area contributed by atoms with E-state index in [0.717, 1.165) is 16.8 Å². The standard InChI is InChI=1S/C22H20N6O4/c1-32-18-8-6-17(7-9-18)28-20-14(13-24-28)12-23-22(27-20)26-16-4-2-15(3-5-16)25-19(10-11-29)21(30)31/h2-9,11-13,19,25H,10H2,1H3,(H,30,31)(H,23,26,27). The summed E-state index contributed by atoms with van der Waals surface area (Å²) in [6, 6.07) is 13.4. The maximum absolute atomic E-state index is 11.2. The van der Waals surface area contributed by atoms with E-state index in [1.54, 1.807) is 48.5 Å². The molecule has 2 heterocycles. The van der Waals surface area contributed by atoms with Gasteiger partial charge < -0.3 is 25.3 Å². The van der Waals surface area contributed by atoms with Gasteiger partial charge >= 0.3 is 5.97 Å². The van der Waals surface area contributed by atoms with Gasteiger partial charge in [0.05, 0.1) is 24.4 Å². The fourth-order valence-corrected chi connectivity index (χ4v) is 3.09. The molecule has 0 fully saturated rings. The van der Waals surface area contributed by atoms with Crippen LogP contribution in [0, 0.1) is 0 Å². The van der Waals surface area contributed by atoms with Crippen molar-refractivity contribution in [1.29, 1.82) is 0 Å². The molecule has 0 radical (unpaired) electrons. The molecule has 10 heteroatoms. The Labute approximate surface area is 182 Å². The van der Waals surface area contributed by atoms with Crippen LogP contribution in [0.15, 0.2) is 60.9 Å². The van der Waals surface area contributed by atoms with Gasteiger partial charge in [0.15, 0.2) is 5.65 Å². The number of hydrogen-bond donors (Lipinski definition) is 3. The van der Waals surface area contributed by atoms with Crippen LogP contribution in [0.4, 0.5) is 17.3 Å². The molecule has 0 aliphatic carbocycles. The monoisotopic (exact) mass is 432 g/mol. The Kier molecular flexibility index (Phi) is 5.93. The number of carbonyl (C=O) groups is 2. The number of anilines is 3. The van der Waals surface area contributed by atoms with Crippen molar-refractivity contribution in [2.75, 3.05) is 17.7 Å². The Hall–Kier alpha value is -4.47. The number of methoxy groups -OCH3 is 1. The number of ether oxygens (including phenoxy) is 1. The normalized spacial score (nSPS) is 11.7. The Morgan fingerprint density at radius 1 is 1.12 bits per heavy atom. The zero-order valence-electron chi connectivity index (χ0n) is 17.1. The molecule has 0 aliphatic rings. The SMILES string of the molecule is COc1ccc(-n2ncc3cnc(Nc4ccc(NC(CC=O)C(=O)O)cc4)nc32)cc1. The number of hydrogen-bond acceptors (Lipinski definition) is 8. The summed E-state index contributed by atoms with van der Waals surface area (Å²) in [5.74, 6) is 0.0493. The Balaban J connectivity index is 1.53. The third kappa shape index (κ3) is 4.48. The second-order valence-corrected chi connectivity index (χ2v) is 6.87. The number of carbonyl (C=O) groups excluding carboxylic acids is 1. The third-order valence-electron chi connectivity index (χ3n) is 4.74.